The molecule has 0 aliphatic heterocycles. The second-order valence-electron chi connectivity index (χ2n) is 5.54. The number of carbonyl (C=O) groups excluding carboxylic acids is 1. The summed E-state index contributed by atoms with van der Waals surface area (Å²) in [5.41, 5.74) is 4.01. The van der Waals surface area contributed by atoms with Crippen LogP contribution in [0.4, 0.5) is 0 Å². The summed E-state index contributed by atoms with van der Waals surface area (Å²) < 4.78 is 11.4. The number of allylic oxidation sites excluding steroid dienone is 1. The van der Waals surface area contributed by atoms with E-state index in [2.05, 4.69) is 17.1 Å². The quantitative estimate of drug-likeness (QED) is 0.285. The highest BCUT2D eigenvalue weighted by Gasteiger charge is 2.10. The van der Waals surface area contributed by atoms with Crippen molar-refractivity contribution in [2.45, 2.75) is 13.3 Å². The Balaban J connectivity index is 1.93. The van der Waals surface area contributed by atoms with Gasteiger partial charge in [-0.1, -0.05) is 47.5 Å². The number of benzene rings is 2. The van der Waals surface area contributed by atoms with Crippen LogP contribution in [-0.4, -0.2) is 25.3 Å². The molecule has 142 valence electrons. The maximum atomic E-state index is 10.8. The van der Waals surface area contributed by atoms with Gasteiger partial charge in [0.2, 0.25) is 5.91 Å². The highest BCUT2D eigenvalue weighted by Crippen LogP contribution is 2.33. The van der Waals surface area contributed by atoms with E-state index in [0.717, 1.165) is 17.7 Å². The third-order valence-corrected chi connectivity index (χ3v) is 3.94. The molecule has 7 heteroatoms. The number of amides is 1. The minimum absolute atomic E-state index is 0.266. The third-order valence-electron chi connectivity index (χ3n) is 3.38. The Kier molecular flexibility index (Phi) is 8.17. The standard InChI is InChI=1S/C20H20Cl2N2O3/c1-3-6-16-7-4-5-8-19(16)26-9-10-27-20-17(21)11-15(12-18(20)22)13-23-24-14(2)25/h3-5,7-8,11-13H,1,6,9-10H2,2H3,(H,24,25). The highest BCUT2D eigenvalue weighted by atomic mass is 35.5. The molecule has 0 fully saturated rings. The van der Waals surface area contributed by atoms with E-state index in [1.165, 1.54) is 13.1 Å². The van der Waals surface area contributed by atoms with Gasteiger partial charge in [0.15, 0.2) is 5.75 Å². The lowest BCUT2D eigenvalue weighted by Gasteiger charge is -2.13. The summed E-state index contributed by atoms with van der Waals surface area (Å²) in [6, 6.07) is 11.1. The molecule has 0 aliphatic carbocycles. The molecule has 0 atom stereocenters. The van der Waals surface area contributed by atoms with Gasteiger partial charge in [0.25, 0.3) is 0 Å². The monoisotopic (exact) mass is 406 g/mol. The van der Waals surface area contributed by atoms with Gasteiger partial charge in [-0.15, -0.1) is 6.58 Å². The predicted molar refractivity (Wildman–Crippen MR) is 109 cm³/mol. The molecule has 0 spiro atoms. The van der Waals surface area contributed by atoms with Crippen LogP contribution in [-0.2, 0) is 11.2 Å². The van der Waals surface area contributed by atoms with E-state index in [0.29, 0.717) is 28.0 Å². The molecule has 5 nitrogen and oxygen atoms in total. The fourth-order valence-electron chi connectivity index (χ4n) is 2.25. The molecule has 0 aliphatic rings. The minimum atomic E-state index is -0.266. The second kappa shape index (κ2) is 10.6. The van der Waals surface area contributed by atoms with Crippen LogP contribution in [0.5, 0.6) is 11.5 Å². The molecule has 27 heavy (non-hydrogen) atoms. The van der Waals surface area contributed by atoms with Crippen molar-refractivity contribution in [1.82, 2.24) is 5.43 Å². The van der Waals surface area contributed by atoms with Crippen LogP contribution < -0.4 is 14.9 Å². The summed E-state index contributed by atoms with van der Waals surface area (Å²) in [7, 11) is 0. The van der Waals surface area contributed by atoms with Crippen molar-refractivity contribution in [1.29, 1.82) is 0 Å². The van der Waals surface area contributed by atoms with Crippen LogP contribution in [0.3, 0.4) is 0 Å². The van der Waals surface area contributed by atoms with Gasteiger partial charge in [-0.05, 0) is 35.7 Å². The number of hydrogen-bond acceptors (Lipinski definition) is 4. The van der Waals surface area contributed by atoms with Gasteiger partial charge in [-0.25, -0.2) is 5.43 Å². The first-order valence-electron chi connectivity index (χ1n) is 8.24. The van der Waals surface area contributed by atoms with Gasteiger partial charge >= 0.3 is 0 Å². The van der Waals surface area contributed by atoms with E-state index < -0.39 is 0 Å². The van der Waals surface area contributed by atoms with E-state index in [1.807, 2.05) is 30.3 Å². The van der Waals surface area contributed by atoms with E-state index in [4.69, 9.17) is 32.7 Å². The number of para-hydroxylation sites is 1. The molecule has 0 saturated heterocycles. The number of ether oxygens (including phenoxy) is 2. The topological polar surface area (TPSA) is 59.9 Å². The van der Waals surface area contributed by atoms with Gasteiger partial charge in [-0.2, -0.15) is 5.10 Å². The Labute approximate surface area is 168 Å². The Hall–Kier alpha value is -2.50. The SMILES string of the molecule is C=CCc1ccccc1OCCOc1c(Cl)cc(C=NNC(C)=O)cc1Cl. The number of halogens is 2. The van der Waals surface area contributed by atoms with Gasteiger partial charge in [-0.3, -0.25) is 4.79 Å². The van der Waals surface area contributed by atoms with Gasteiger partial charge in [0.05, 0.1) is 16.3 Å². The Morgan fingerprint density at radius 3 is 2.52 bits per heavy atom. The number of rotatable bonds is 9. The van der Waals surface area contributed by atoms with Gasteiger partial charge < -0.3 is 9.47 Å². The molecule has 2 rings (SSSR count). The molecule has 0 saturated carbocycles. The Morgan fingerprint density at radius 1 is 1.19 bits per heavy atom. The smallest absolute Gasteiger partial charge is 0.236 e. The lowest BCUT2D eigenvalue weighted by Crippen LogP contribution is -2.12. The molecule has 0 aromatic heterocycles. The normalized spacial score (nSPS) is 10.6. The summed E-state index contributed by atoms with van der Waals surface area (Å²) in [4.78, 5) is 10.8. The maximum Gasteiger partial charge on any atom is 0.236 e. The fourth-order valence-corrected chi connectivity index (χ4v) is 2.87. The largest absolute Gasteiger partial charge is 0.490 e. The molecular weight excluding hydrogens is 387 g/mol. The zero-order valence-electron chi connectivity index (χ0n) is 14.9. The van der Waals surface area contributed by atoms with Crippen LogP contribution >= 0.6 is 23.2 Å². The van der Waals surface area contributed by atoms with E-state index >= 15 is 0 Å². The van der Waals surface area contributed by atoms with Crippen molar-refractivity contribution >= 4 is 35.3 Å². The molecular formula is C20H20Cl2N2O3. The van der Waals surface area contributed by atoms with Crippen LogP contribution in [0.25, 0.3) is 0 Å². The van der Waals surface area contributed by atoms with Gasteiger partial charge in [0, 0.05) is 6.92 Å². The van der Waals surface area contributed by atoms with Crippen LogP contribution in [0.15, 0.2) is 54.2 Å². The molecule has 0 bridgehead atoms. The van der Waals surface area contributed by atoms with Crippen LogP contribution in [0.1, 0.15) is 18.1 Å². The number of carbonyl (C=O) groups is 1. The van der Waals surface area contributed by atoms with Crippen LogP contribution in [0, 0.1) is 0 Å². The molecule has 1 amide bonds. The minimum Gasteiger partial charge on any atom is -0.490 e. The maximum absolute atomic E-state index is 10.8. The second-order valence-corrected chi connectivity index (χ2v) is 6.35. The lowest BCUT2D eigenvalue weighted by molar-refractivity contribution is -0.118. The first-order valence-corrected chi connectivity index (χ1v) is 9.00. The first-order chi connectivity index (χ1) is 13.0. The molecule has 2 aromatic rings. The highest BCUT2D eigenvalue weighted by molar-refractivity contribution is 6.37. The first kappa shape index (κ1) is 20.8. The van der Waals surface area contributed by atoms with Gasteiger partial charge in [0.1, 0.15) is 19.0 Å². The zero-order chi connectivity index (χ0) is 19.6. The third kappa shape index (κ3) is 6.62. The van der Waals surface area contributed by atoms with Crippen molar-refractivity contribution in [3.63, 3.8) is 0 Å². The molecule has 0 radical (unpaired) electrons. The lowest BCUT2D eigenvalue weighted by atomic mass is 10.1. The summed E-state index contributed by atoms with van der Waals surface area (Å²) >= 11 is 12.5. The predicted octanol–water partition coefficient (Wildman–Crippen LogP) is 4.65. The van der Waals surface area contributed by atoms with E-state index in [9.17, 15) is 4.79 Å². The van der Waals surface area contributed by atoms with Crippen molar-refractivity contribution in [2.75, 3.05) is 13.2 Å². The Bertz CT molecular complexity index is 815. The van der Waals surface area contributed by atoms with Crippen molar-refractivity contribution < 1.29 is 14.3 Å². The number of nitrogens with one attached hydrogen (secondary N) is 1. The average molecular weight is 407 g/mol. The molecule has 0 heterocycles. The average Bonchev–Trinajstić information content (AvgIpc) is 2.61. The van der Waals surface area contributed by atoms with Crippen molar-refractivity contribution in [3.05, 3.63) is 70.2 Å². The molecule has 1 N–H and O–H groups in total. The van der Waals surface area contributed by atoms with Crippen LogP contribution in [0.2, 0.25) is 10.0 Å². The van der Waals surface area contributed by atoms with Crippen molar-refractivity contribution in [2.24, 2.45) is 5.10 Å². The molecule has 2 aromatic carbocycles. The Morgan fingerprint density at radius 2 is 1.85 bits per heavy atom. The summed E-state index contributed by atoms with van der Waals surface area (Å²) in [6.07, 6.45) is 4.01. The summed E-state index contributed by atoms with van der Waals surface area (Å²) in [5, 5.41) is 4.47. The van der Waals surface area contributed by atoms with E-state index in [-0.39, 0.29) is 12.5 Å². The summed E-state index contributed by atoms with van der Waals surface area (Å²) in [6.45, 7) is 5.73. The number of hydrazone groups is 1. The number of hydrogen-bond donors (Lipinski definition) is 1. The summed E-state index contributed by atoms with van der Waals surface area (Å²) in [5.74, 6) is 0.902. The van der Waals surface area contributed by atoms with E-state index in [1.54, 1.807) is 12.1 Å². The molecule has 0 unspecified atom stereocenters. The number of nitrogens with zero attached hydrogens (tertiary/aromatic N) is 1. The zero-order valence-corrected chi connectivity index (χ0v) is 16.4. The fraction of sp³-hybridized carbons (Fsp3) is 0.200. The van der Waals surface area contributed by atoms with Crippen molar-refractivity contribution in [3.8, 4) is 11.5 Å².